The van der Waals surface area contributed by atoms with Crippen LogP contribution in [0.3, 0.4) is 0 Å². The SMILES string of the molecule is CN1CCc2c(c3cc(C(C)(C)C)ccc3n2Cc2ccc(C(=O)CO)cc2)C1. The van der Waals surface area contributed by atoms with Crippen LogP contribution in [0.5, 0.6) is 0 Å². The number of nitrogens with zero attached hydrogens (tertiary/aromatic N) is 2. The Morgan fingerprint density at radius 1 is 1.10 bits per heavy atom. The molecular weight excluding hydrogens is 360 g/mol. The topological polar surface area (TPSA) is 45.5 Å². The van der Waals surface area contributed by atoms with Crippen molar-refractivity contribution in [2.75, 3.05) is 20.2 Å². The van der Waals surface area contributed by atoms with E-state index in [0.717, 1.165) is 31.6 Å². The van der Waals surface area contributed by atoms with Crippen molar-refractivity contribution in [1.29, 1.82) is 0 Å². The molecule has 1 N–H and O–H groups in total. The molecule has 0 saturated heterocycles. The van der Waals surface area contributed by atoms with Crippen molar-refractivity contribution in [2.24, 2.45) is 0 Å². The van der Waals surface area contributed by atoms with Gasteiger partial charge in [-0.3, -0.25) is 4.79 Å². The van der Waals surface area contributed by atoms with E-state index in [9.17, 15) is 4.79 Å². The van der Waals surface area contributed by atoms with Gasteiger partial charge in [-0.05, 0) is 41.3 Å². The largest absolute Gasteiger partial charge is 0.388 e. The van der Waals surface area contributed by atoms with Crippen LogP contribution in [0, 0.1) is 0 Å². The van der Waals surface area contributed by atoms with Crippen molar-refractivity contribution >= 4 is 16.7 Å². The van der Waals surface area contributed by atoms with Gasteiger partial charge in [0.2, 0.25) is 0 Å². The third-order valence-electron chi connectivity index (χ3n) is 6.07. The molecule has 152 valence electrons. The molecule has 1 aliphatic rings. The van der Waals surface area contributed by atoms with Crippen LogP contribution in [0.15, 0.2) is 42.5 Å². The number of ketones is 1. The van der Waals surface area contributed by atoms with Crippen LogP contribution in [-0.4, -0.2) is 40.6 Å². The fraction of sp³-hybridized carbons (Fsp3) is 0.400. The first-order chi connectivity index (χ1) is 13.8. The van der Waals surface area contributed by atoms with E-state index in [1.807, 2.05) is 24.3 Å². The molecule has 0 radical (unpaired) electrons. The van der Waals surface area contributed by atoms with Gasteiger partial charge in [0.25, 0.3) is 0 Å². The van der Waals surface area contributed by atoms with Crippen LogP contribution in [0.4, 0.5) is 0 Å². The minimum Gasteiger partial charge on any atom is -0.388 e. The van der Waals surface area contributed by atoms with Gasteiger partial charge in [0.1, 0.15) is 6.61 Å². The lowest BCUT2D eigenvalue weighted by atomic mass is 9.86. The van der Waals surface area contributed by atoms with Gasteiger partial charge in [-0.25, -0.2) is 0 Å². The summed E-state index contributed by atoms with van der Waals surface area (Å²) in [6.07, 6.45) is 1.05. The highest BCUT2D eigenvalue weighted by atomic mass is 16.3. The number of Topliss-reactive ketones (excluding diaryl/α,β-unsaturated/α-hetero) is 1. The molecule has 0 unspecified atom stereocenters. The zero-order valence-corrected chi connectivity index (χ0v) is 17.8. The van der Waals surface area contributed by atoms with E-state index < -0.39 is 6.61 Å². The second-order valence-corrected chi connectivity index (χ2v) is 9.26. The highest BCUT2D eigenvalue weighted by molar-refractivity contribution is 5.96. The third kappa shape index (κ3) is 3.75. The molecule has 2 heterocycles. The number of aliphatic hydroxyl groups excluding tert-OH is 1. The van der Waals surface area contributed by atoms with Gasteiger partial charge in [0.15, 0.2) is 5.78 Å². The van der Waals surface area contributed by atoms with Crippen LogP contribution in [0.1, 0.15) is 53.5 Å². The first-order valence-corrected chi connectivity index (χ1v) is 10.3. The zero-order valence-electron chi connectivity index (χ0n) is 17.8. The zero-order chi connectivity index (χ0) is 20.8. The van der Waals surface area contributed by atoms with Gasteiger partial charge < -0.3 is 14.6 Å². The summed E-state index contributed by atoms with van der Waals surface area (Å²) in [5.74, 6) is -0.238. The number of carbonyl (C=O) groups is 1. The van der Waals surface area contributed by atoms with Crippen LogP contribution >= 0.6 is 0 Å². The van der Waals surface area contributed by atoms with Crippen LogP contribution in [0.2, 0.25) is 0 Å². The van der Waals surface area contributed by atoms with Crippen molar-refractivity contribution in [3.8, 4) is 0 Å². The molecule has 4 rings (SSSR count). The quantitative estimate of drug-likeness (QED) is 0.681. The fourth-order valence-electron chi connectivity index (χ4n) is 4.30. The maximum absolute atomic E-state index is 11.7. The molecule has 1 aromatic heterocycles. The van der Waals surface area contributed by atoms with E-state index in [-0.39, 0.29) is 11.2 Å². The van der Waals surface area contributed by atoms with Crippen molar-refractivity contribution < 1.29 is 9.90 Å². The van der Waals surface area contributed by atoms with Crippen LogP contribution < -0.4 is 0 Å². The lowest BCUT2D eigenvalue weighted by Gasteiger charge is -2.24. The molecular formula is C25H30N2O2. The summed E-state index contributed by atoms with van der Waals surface area (Å²) < 4.78 is 2.45. The summed E-state index contributed by atoms with van der Waals surface area (Å²) in [5, 5.41) is 10.4. The molecule has 4 heteroatoms. The van der Waals surface area contributed by atoms with E-state index in [0.29, 0.717) is 5.56 Å². The first kappa shape index (κ1) is 19.9. The van der Waals surface area contributed by atoms with Crippen molar-refractivity contribution in [2.45, 2.75) is 45.7 Å². The monoisotopic (exact) mass is 390 g/mol. The molecule has 0 fully saturated rings. The van der Waals surface area contributed by atoms with E-state index in [1.54, 1.807) is 0 Å². The first-order valence-electron chi connectivity index (χ1n) is 10.3. The molecule has 3 aromatic rings. The number of aliphatic hydroxyl groups is 1. The Hall–Kier alpha value is -2.43. The number of likely N-dealkylation sites (N-methyl/N-ethyl adjacent to an activating group) is 1. The highest BCUT2D eigenvalue weighted by Crippen LogP contribution is 2.34. The average molecular weight is 391 g/mol. The minimum absolute atomic E-state index is 0.124. The number of hydrogen-bond acceptors (Lipinski definition) is 3. The highest BCUT2D eigenvalue weighted by Gasteiger charge is 2.24. The molecule has 1 aliphatic heterocycles. The average Bonchev–Trinajstić information content (AvgIpc) is 3.00. The smallest absolute Gasteiger partial charge is 0.188 e. The van der Waals surface area contributed by atoms with Crippen molar-refractivity contribution in [3.63, 3.8) is 0 Å². The Morgan fingerprint density at radius 2 is 1.83 bits per heavy atom. The molecule has 0 bridgehead atoms. The predicted molar refractivity (Wildman–Crippen MR) is 118 cm³/mol. The van der Waals surface area contributed by atoms with E-state index in [4.69, 9.17) is 5.11 Å². The number of fused-ring (bicyclic) bond motifs is 3. The Bertz CT molecular complexity index is 1060. The van der Waals surface area contributed by atoms with Gasteiger partial charge >= 0.3 is 0 Å². The lowest BCUT2D eigenvalue weighted by molar-refractivity contribution is 0.0903. The number of hydrogen-bond donors (Lipinski definition) is 1. The Morgan fingerprint density at radius 3 is 2.48 bits per heavy atom. The number of benzene rings is 2. The standard InChI is InChI=1S/C25H30N2O2/c1-25(2,3)19-9-10-22-20(13-19)21-15-26(4)12-11-23(21)27(22)14-17-5-7-18(8-6-17)24(29)16-28/h5-10,13,28H,11-12,14-16H2,1-4H3. The number of rotatable bonds is 4. The minimum atomic E-state index is -0.446. The van der Waals surface area contributed by atoms with Crippen molar-refractivity contribution in [3.05, 3.63) is 70.4 Å². The van der Waals surface area contributed by atoms with Gasteiger partial charge in [-0.15, -0.1) is 0 Å². The van der Waals surface area contributed by atoms with Gasteiger partial charge in [0.05, 0.1) is 0 Å². The summed E-state index contributed by atoms with van der Waals surface area (Å²) in [4.78, 5) is 14.1. The van der Waals surface area contributed by atoms with Gasteiger partial charge in [-0.1, -0.05) is 51.1 Å². The Balaban J connectivity index is 1.79. The second-order valence-electron chi connectivity index (χ2n) is 9.26. The molecule has 2 aromatic carbocycles. The van der Waals surface area contributed by atoms with Gasteiger partial charge in [0, 0.05) is 48.2 Å². The Labute approximate surface area is 172 Å². The summed E-state index contributed by atoms with van der Waals surface area (Å²) in [6, 6.07) is 14.6. The molecule has 0 aliphatic carbocycles. The molecule has 0 saturated carbocycles. The second kappa shape index (κ2) is 7.43. The molecule has 0 amide bonds. The predicted octanol–water partition coefficient (Wildman–Crippen LogP) is 4.15. The molecule has 0 atom stereocenters. The number of carbonyl (C=O) groups excluding carboxylic acids is 1. The summed E-state index contributed by atoms with van der Waals surface area (Å²) in [7, 11) is 2.19. The molecule has 29 heavy (non-hydrogen) atoms. The normalized spacial score (nSPS) is 14.9. The fourth-order valence-corrected chi connectivity index (χ4v) is 4.30. The van der Waals surface area contributed by atoms with Crippen molar-refractivity contribution in [1.82, 2.24) is 9.47 Å². The summed E-state index contributed by atoms with van der Waals surface area (Å²) in [5.41, 5.74) is 7.38. The summed E-state index contributed by atoms with van der Waals surface area (Å²) in [6.45, 7) is 9.18. The van der Waals surface area contributed by atoms with Gasteiger partial charge in [-0.2, -0.15) is 0 Å². The van der Waals surface area contributed by atoms with Crippen LogP contribution in [0.25, 0.3) is 10.9 Å². The van der Waals surface area contributed by atoms with E-state index in [1.165, 1.54) is 27.7 Å². The number of aromatic nitrogens is 1. The molecule has 0 spiro atoms. The third-order valence-corrected chi connectivity index (χ3v) is 6.07. The van der Waals surface area contributed by atoms with Crippen LogP contribution in [-0.2, 0) is 24.9 Å². The maximum Gasteiger partial charge on any atom is 0.188 e. The maximum atomic E-state index is 11.7. The Kier molecular flexibility index (Phi) is 5.09. The van der Waals surface area contributed by atoms with E-state index in [2.05, 4.69) is 55.5 Å². The summed E-state index contributed by atoms with van der Waals surface area (Å²) >= 11 is 0. The molecule has 4 nitrogen and oxygen atoms in total. The lowest BCUT2D eigenvalue weighted by Crippen LogP contribution is -2.27. The van der Waals surface area contributed by atoms with E-state index >= 15 is 0 Å².